The molecule has 182 valence electrons. The summed E-state index contributed by atoms with van der Waals surface area (Å²) in [5, 5.41) is 0. The normalized spacial score (nSPS) is 12.2. The summed E-state index contributed by atoms with van der Waals surface area (Å²) >= 11 is 0. The Hall–Kier alpha value is 0.957. The molecule has 0 aromatic carbocycles. The molecule has 0 amide bonds. The van der Waals surface area contributed by atoms with Crippen molar-refractivity contribution < 1.29 is 36.0 Å². The predicted octanol–water partition coefficient (Wildman–Crippen LogP) is 6.45. The van der Waals surface area contributed by atoms with Crippen LogP contribution in [0.3, 0.4) is 0 Å². The first-order chi connectivity index (χ1) is 13.6. The molecule has 0 bridgehead atoms. The van der Waals surface area contributed by atoms with Gasteiger partial charge < -0.3 is 31.8 Å². The minimum absolute atomic E-state index is 0. The minimum Gasteiger partial charge on any atom is -0.355 e. The van der Waals surface area contributed by atoms with Crippen LogP contribution < -0.4 is 0 Å². The maximum Gasteiger partial charge on any atom is 2.00 e. The zero-order chi connectivity index (χ0) is 21.3. The second-order valence-electron chi connectivity index (χ2n) is 7.65. The fraction of sp³-hybridized carbons (Fsp3) is 0.917. The molecule has 0 saturated heterocycles. The molecule has 2 unspecified atom stereocenters. The van der Waals surface area contributed by atoms with Gasteiger partial charge in [-0.1, -0.05) is 52.4 Å². The average molecular weight is 473 g/mol. The standard InChI is InChI=1S/2C12H25O2.Cu.Li/c2*1-4-7-12(3)8-6-10-14-11-13-9-5-2;;/h2*4,12H,5-11H2,1-3H3;;/q2*-1;+2;. The fourth-order valence-corrected chi connectivity index (χ4v) is 2.75. The predicted molar refractivity (Wildman–Crippen MR) is 126 cm³/mol. The molecule has 0 rings (SSSR count). The Kier molecular flexibility index (Phi) is 44.1. The first-order valence-corrected chi connectivity index (χ1v) is 11.5. The van der Waals surface area contributed by atoms with Gasteiger partial charge in [-0.15, -0.1) is 0 Å². The Morgan fingerprint density at radius 1 is 0.633 bits per heavy atom. The number of hydrogen-bond acceptors (Lipinski definition) is 4. The molecule has 6 heteroatoms. The van der Waals surface area contributed by atoms with Crippen LogP contribution in [0.5, 0.6) is 0 Å². The van der Waals surface area contributed by atoms with Gasteiger partial charge in [0.05, 0.1) is 0 Å². The van der Waals surface area contributed by atoms with Crippen LogP contribution in [-0.4, -0.2) is 58.9 Å². The zero-order valence-electron chi connectivity index (χ0n) is 21.1. The molecule has 0 aliphatic heterocycles. The molecular formula is C24H50CuLiO4. The van der Waals surface area contributed by atoms with E-state index in [1.165, 1.54) is 25.7 Å². The Labute approximate surface area is 211 Å². The van der Waals surface area contributed by atoms with E-state index >= 15 is 0 Å². The van der Waals surface area contributed by atoms with Crippen LogP contribution in [0.1, 0.15) is 92.9 Å². The fourth-order valence-electron chi connectivity index (χ4n) is 2.75. The van der Waals surface area contributed by atoms with Gasteiger partial charge >= 0.3 is 17.1 Å². The zero-order valence-corrected chi connectivity index (χ0v) is 22.1. The molecule has 0 saturated carbocycles. The van der Waals surface area contributed by atoms with Crippen LogP contribution in [0.2, 0.25) is 0 Å². The summed E-state index contributed by atoms with van der Waals surface area (Å²) < 4.78 is 21.1. The van der Waals surface area contributed by atoms with Crippen molar-refractivity contribution in [3.63, 3.8) is 0 Å². The molecule has 30 heavy (non-hydrogen) atoms. The molecule has 0 spiro atoms. The van der Waals surface area contributed by atoms with Crippen LogP contribution >= 0.6 is 0 Å². The Morgan fingerprint density at radius 2 is 0.967 bits per heavy atom. The van der Waals surface area contributed by atoms with Gasteiger partial charge in [-0.2, -0.15) is 26.7 Å². The first-order valence-electron chi connectivity index (χ1n) is 11.5. The molecule has 2 radical (unpaired) electrons. The van der Waals surface area contributed by atoms with Gasteiger partial charge in [-0.25, -0.2) is 0 Å². The van der Waals surface area contributed by atoms with Crippen LogP contribution in [0.4, 0.5) is 0 Å². The van der Waals surface area contributed by atoms with Gasteiger partial charge in [0, 0.05) is 45.3 Å². The molecule has 0 heterocycles. The topological polar surface area (TPSA) is 36.9 Å². The summed E-state index contributed by atoms with van der Waals surface area (Å²) in [4.78, 5) is 0. The van der Waals surface area contributed by atoms with Crippen molar-refractivity contribution in [1.29, 1.82) is 0 Å². The third-order valence-corrected chi connectivity index (χ3v) is 4.28. The Morgan fingerprint density at radius 3 is 1.27 bits per heavy atom. The van der Waals surface area contributed by atoms with Crippen molar-refractivity contribution in [3.8, 4) is 0 Å². The number of rotatable bonds is 20. The number of ether oxygens (including phenoxy) is 4. The minimum atomic E-state index is 0. The van der Waals surface area contributed by atoms with Gasteiger partial charge in [-0.05, 0) is 25.7 Å². The maximum absolute atomic E-state index is 5.33. The Bertz CT molecular complexity index is 248. The average Bonchev–Trinajstić information content (AvgIpc) is 2.67. The molecule has 0 aliphatic rings. The first kappa shape index (κ1) is 38.2. The van der Waals surface area contributed by atoms with E-state index in [0.717, 1.165) is 63.9 Å². The van der Waals surface area contributed by atoms with E-state index in [0.29, 0.717) is 13.6 Å². The van der Waals surface area contributed by atoms with E-state index in [9.17, 15) is 0 Å². The van der Waals surface area contributed by atoms with Gasteiger partial charge in [-0.3, -0.25) is 0 Å². The summed E-state index contributed by atoms with van der Waals surface area (Å²) in [7, 11) is 0. The van der Waals surface area contributed by atoms with Gasteiger partial charge in [0.2, 0.25) is 0 Å². The monoisotopic (exact) mass is 472 g/mol. The summed E-state index contributed by atoms with van der Waals surface area (Å²) in [6.45, 7) is 17.2. The quantitative estimate of drug-likeness (QED) is 0.0882. The summed E-state index contributed by atoms with van der Waals surface area (Å²) in [5.41, 5.74) is 0. The second-order valence-corrected chi connectivity index (χ2v) is 7.65. The molecule has 4 nitrogen and oxygen atoms in total. The Balaban J connectivity index is -0.000000211. The van der Waals surface area contributed by atoms with Crippen molar-refractivity contribution >= 4 is 18.9 Å². The van der Waals surface area contributed by atoms with E-state index in [1.54, 1.807) is 0 Å². The van der Waals surface area contributed by atoms with Crippen molar-refractivity contribution in [2.75, 3.05) is 40.0 Å². The van der Waals surface area contributed by atoms with E-state index in [-0.39, 0.29) is 35.9 Å². The van der Waals surface area contributed by atoms with Crippen LogP contribution in [0.25, 0.3) is 0 Å². The molecule has 2 atom stereocenters. The van der Waals surface area contributed by atoms with Crippen LogP contribution in [0, 0.1) is 24.7 Å². The van der Waals surface area contributed by atoms with Crippen molar-refractivity contribution in [2.24, 2.45) is 11.8 Å². The van der Waals surface area contributed by atoms with Crippen LogP contribution in [-0.2, 0) is 36.0 Å². The molecule has 0 aromatic heterocycles. The second kappa shape index (κ2) is 34.6. The van der Waals surface area contributed by atoms with Gasteiger partial charge in [0.15, 0.2) is 0 Å². The van der Waals surface area contributed by atoms with Gasteiger partial charge in [0.25, 0.3) is 0 Å². The third kappa shape index (κ3) is 36.3. The van der Waals surface area contributed by atoms with Crippen molar-refractivity contribution in [3.05, 3.63) is 12.8 Å². The molecule has 0 aromatic rings. The largest absolute Gasteiger partial charge is 2.00 e. The summed E-state index contributed by atoms with van der Waals surface area (Å²) in [6.07, 6.45) is 13.8. The molecular weight excluding hydrogens is 423 g/mol. The third-order valence-electron chi connectivity index (χ3n) is 4.28. The van der Waals surface area contributed by atoms with E-state index < -0.39 is 0 Å². The van der Waals surface area contributed by atoms with E-state index in [1.807, 2.05) is 0 Å². The van der Waals surface area contributed by atoms with Crippen LogP contribution in [0.15, 0.2) is 0 Å². The van der Waals surface area contributed by atoms with Crippen molar-refractivity contribution in [1.82, 2.24) is 0 Å². The van der Waals surface area contributed by atoms with E-state index in [2.05, 4.69) is 54.4 Å². The molecule has 0 fully saturated rings. The number of hydrogen-bond donors (Lipinski definition) is 0. The van der Waals surface area contributed by atoms with Gasteiger partial charge in [0.1, 0.15) is 13.6 Å². The SMILES string of the molecule is C[CH-]CC(C)CCCOCOCCC.C[CH-]CC(C)CCCOCOCCC.[Cu+2].[Li]. The van der Waals surface area contributed by atoms with Crippen molar-refractivity contribution in [2.45, 2.75) is 92.9 Å². The molecule has 0 aliphatic carbocycles. The smallest absolute Gasteiger partial charge is 0.355 e. The summed E-state index contributed by atoms with van der Waals surface area (Å²) in [6, 6.07) is 0. The molecule has 0 N–H and O–H groups in total. The maximum atomic E-state index is 5.33. The van der Waals surface area contributed by atoms with E-state index in [4.69, 9.17) is 18.9 Å². The summed E-state index contributed by atoms with van der Waals surface area (Å²) in [5.74, 6) is 1.58.